The molecule has 1 heterocycles. The maximum atomic E-state index is 11.2. The second-order valence-electron chi connectivity index (χ2n) is 8.68. The zero-order valence-electron chi connectivity index (χ0n) is 17.5. The van der Waals surface area contributed by atoms with Crippen LogP contribution >= 0.6 is 11.6 Å². The Bertz CT molecular complexity index is 666. The Morgan fingerprint density at radius 2 is 1.93 bits per heavy atom. The van der Waals surface area contributed by atoms with Crippen LogP contribution in [0.15, 0.2) is 17.3 Å². The van der Waals surface area contributed by atoms with Crippen molar-refractivity contribution in [2.75, 3.05) is 25.0 Å². The van der Waals surface area contributed by atoms with Crippen molar-refractivity contribution < 1.29 is 4.74 Å². The van der Waals surface area contributed by atoms with Crippen LogP contribution in [0.1, 0.15) is 64.4 Å². The molecule has 5 nitrogen and oxygen atoms in total. The Labute approximate surface area is 174 Å². The third-order valence-electron chi connectivity index (χ3n) is 6.56. The van der Waals surface area contributed by atoms with E-state index in [-0.39, 0.29) is 0 Å². The molecule has 2 aliphatic rings. The lowest BCUT2D eigenvalue weighted by atomic mass is 9.79. The summed E-state index contributed by atoms with van der Waals surface area (Å²) in [6.07, 6.45) is 8.48. The third-order valence-corrected chi connectivity index (χ3v) is 6.97. The number of nitroso groups, excluding NO2 is 1. The van der Waals surface area contributed by atoms with Crippen LogP contribution in [-0.4, -0.2) is 42.3 Å². The number of hydrogen-bond donors (Lipinski definition) is 1. The van der Waals surface area contributed by atoms with E-state index in [1.54, 1.807) is 6.07 Å². The molecule has 1 aliphatic carbocycles. The summed E-state index contributed by atoms with van der Waals surface area (Å²) in [5, 5.41) is 7.27. The summed E-state index contributed by atoms with van der Waals surface area (Å²) in [5.74, 6) is 0. The molecule has 2 fully saturated rings. The number of nitrogens with one attached hydrogen (secondary N) is 1. The van der Waals surface area contributed by atoms with Crippen molar-refractivity contribution in [2.45, 2.75) is 83.4 Å². The normalized spacial score (nSPS) is 26.9. The van der Waals surface area contributed by atoms with Gasteiger partial charge in [-0.3, -0.25) is 4.90 Å². The molecule has 1 aromatic rings. The summed E-state index contributed by atoms with van der Waals surface area (Å²) in [4.78, 5) is 13.8. The summed E-state index contributed by atoms with van der Waals surface area (Å²) < 4.78 is 5.96. The highest BCUT2D eigenvalue weighted by molar-refractivity contribution is 6.31. The van der Waals surface area contributed by atoms with E-state index in [0.717, 1.165) is 50.2 Å². The molecule has 6 heteroatoms. The lowest BCUT2D eigenvalue weighted by Crippen LogP contribution is -2.53. The van der Waals surface area contributed by atoms with Crippen molar-refractivity contribution in [1.82, 2.24) is 4.90 Å². The van der Waals surface area contributed by atoms with E-state index in [1.165, 1.54) is 25.7 Å². The van der Waals surface area contributed by atoms with Crippen LogP contribution < -0.4 is 5.32 Å². The number of ether oxygens (including phenoxy) is 1. The van der Waals surface area contributed by atoms with E-state index in [4.69, 9.17) is 16.3 Å². The summed E-state index contributed by atoms with van der Waals surface area (Å²) in [6.45, 7) is 9.61. The van der Waals surface area contributed by atoms with E-state index in [2.05, 4.69) is 29.2 Å². The quantitative estimate of drug-likeness (QED) is 0.559. The number of likely N-dealkylation sites (tertiary alicyclic amines) is 1. The number of aryl methyl sites for hydroxylation is 1. The molecule has 1 aromatic carbocycles. The molecule has 0 atom stereocenters. The van der Waals surface area contributed by atoms with Gasteiger partial charge in [-0.15, -0.1) is 4.91 Å². The van der Waals surface area contributed by atoms with Crippen LogP contribution in [0.25, 0.3) is 0 Å². The van der Waals surface area contributed by atoms with E-state index >= 15 is 0 Å². The summed E-state index contributed by atoms with van der Waals surface area (Å²) in [5.41, 5.74) is 2.46. The van der Waals surface area contributed by atoms with Gasteiger partial charge in [0, 0.05) is 36.3 Å². The molecular weight excluding hydrogens is 374 g/mol. The first-order valence-corrected chi connectivity index (χ1v) is 11.1. The fraction of sp³-hybridized carbons (Fsp3) is 0.727. The molecule has 0 spiro atoms. The number of hydrogen-bond acceptors (Lipinski definition) is 5. The minimum absolute atomic E-state index is 0.295. The second-order valence-corrected chi connectivity index (χ2v) is 9.09. The van der Waals surface area contributed by atoms with Crippen molar-refractivity contribution >= 4 is 23.0 Å². The highest BCUT2D eigenvalue weighted by Gasteiger charge is 2.38. The smallest absolute Gasteiger partial charge is 0.132 e. The number of piperidine rings is 1. The molecule has 28 heavy (non-hydrogen) atoms. The van der Waals surface area contributed by atoms with Crippen LogP contribution in [0.2, 0.25) is 5.02 Å². The molecule has 156 valence electrons. The Hall–Kier alpha value is -1.17. The van der Waals surface area contributed by atoms with Gasteiger partial charge in [-0.25, -0.2) is 0 Å². The molecule has 0 bridgehead atoms. The van der Waals surface area contributed by atoms with Gasteiger partial charge in [-0.05, 0) is 81.7 Å². The minimum Gasteiger partial charge on any atom is -0.380 e. The Morgan fingerprint density at radius 3 is 2.54 bits per heavy atom. The van der Waals surface area contributed by atoms with Gasteiger partial charge < -0.3 is 10.1 Å². The van der Waals surface area contributed by atoms with Crippen LogP contribution in [-0.2, 0) is 4.74 Å². The monoisotopic (exact) mass is 407 g/mol. The van der Waals surface area contributed by atoms with Gasteiger partial charge in [0.15, 0.2) is 0 Å². The van der Waals surface area contributed by atoms with E-state index < -0.39 is 0 Å². The number of benzene rings is 1. The topological polar surface area (TPSA) is 53.9 Å². The third kappa shape index (κ3) is 5.05. The minimum atomic E-state index is 0.295. The lowest BCUT2D eigenvalue weighted by Gasteiger charge is -2.48. The average molecular weight is 408 g/mol. The maximum absolute atomic E-state index is 11.2. The van der Waals surface area contributed by atoms with Gasteiger partial charge in [-0.2, -0.15) is 0 Å². The van der Waals surface area contributed by atoms with E-state index in [9.17, 15) is 4.91 Å². The number of rotatable bonds is 7. The van der Waals surface area contributed by atoms with Gasteiger partial charge in [0.25, 0.3) is 0 Å². The second kappa shape index (κ2) is 9.55. The molecule has 1 aliphatic heterocycles. The molecule has 1 N–H and O–H groups in total. The van der Waals surface area contributed by atoms with Crippen molar-refractivity contribution in [3.05, 3.63) is 27.6 Å². The lowest BCUT2D eigenvalue weighted by molar-refractivity contribution is -0.0277. The maximum Gasteiger partial charge on any atom is 0.132 e. The predicted molar refractivity (Wildman–Crippen MR) is 117 cm³/mol. The zero-order valence-corrected chi connectivity index (χ0v) is 18.2. The van der Waals surface area contributed by atoms with Gasteiger partial charge in [0.1, 0.15) is 5.69 Å². The Balaban J connectivity index is 1.52. The Kier molecular flexibility index (Phi) is 7.35. The predicted octanol–water partition coefficient (Wildman–Crippen LogP) is 6.05. The number of anilines is 1. The van der Waals surface area contributed by atoms with Gasteiger partial charge in [-0.1, -0.05) is 18.5 Å². The fourth-order valence-corrected chi connectivity index (χ4v) is 4.78. The van der Waals surface area contributed by atoms with E-state index in [0.29, 0.717) is 28.4 Å². The highest BCUT2D eigenvalue weighted by atomic mass is 35.5. The standard InChI is InChI=1S/C22H34ClN3O2/c1-4-13-28-18-5-9-22(3,10-6-18)26-11-7-17(8-12-26)24-20-14-16(2)19(23)15-21(20)25-27/h14-15,17-18,24H,4-13H2,1-3H3/t18-,22+. The number of nitrogens with zero attached hydrogens (tertiary/aromatic N) is 2. The Morgan fingerprint density at radius 1 is 1.25 bits per heavy atom. The van der Waals surface area contributed by atoms with Crippen molar-refractivity contribution in [3.63, 3.8) is 0 Å². The van der Waals surface area contributed by atoms with Crippen molar-refractivity contribution in [3.8, 4) is 0 Å². The SMILES string of the molecule is CCCO[C@H]1CC[C@@](C)(N2CCC(Nc3cc(C)c(Cl)cc3N=O)CC2)CC1. The molecule has 0 aromatic heterocycles. The van der Waals surface area contributed by atoms with Gasteiger partial charge in [0.05, 0.1) is 11.8 Å². The van der Waals surface area contributed by atoms with Gasteiger partial charge >= 0.3 is 0 Å². The highest BCUT2D eigenvalue weighted by Crippen LogP contribution is 2.37. The zero-order chi connectivity index (χ0) is 20.1. The first-order valence-electron chi connectivity index (χ1n) is 10.7. The average Bonchev–Trinajstić information content (AvgIpc) is 2.70. The van der Waals surface area contributed by atoms with Crippen LogP contribution in [0.3, 0.4) is 0 Å². The summed E-state index contributed by atoms with van der Waals surface area (Å²) in [6, 6.07) is 3.95. The van der Waals surface area contributed by atoms with E-state index in [1.807, 2.05) is 13.0 Å². The van der Waals surface area contributed by atoms with Gasteiger partial charge in [0.2, 0.25) is 0 Å². The largest absolute Gasteiger partial charge is 0.380 e. The first kappa shape index (κ1) is 21.5. The van der Waals surface area contributed by atoms with Crippen LogP contribution in [0.5, 0.6) is 0 Å². The molecule has 0 unspecified atom stereocenters. The molecule has 3 rings (SSSR count). The molecule has 0 amide bonds. The summed E-state index contributed by atoms with van der Waals surface area (Å²) in [7, 11) is 0. The van der Waals surface area contributed by atoms with Crippen molar-refractivity contribution in [2.24, 2.45) is 5.18 Å². The van der Waals surface area contributed by atoms with Crippen LogP contribution in [0.4, 0.5) is 11.4 Å². The summed E-state index contributed by atoms with van der Waals surface area (Å²) >= 11 is 6.12. The van der Waals surface area contributed by atoms with Crippen molar-refractivity contribution in [1.29, 1.82) is 0 Å². The molecule has 1 saturated heterocycles. The molecular formula is C22H34ClN3O2. The first-order chi connectivity index (χ1) is 13.4. The van der Waals surface area contributed by atoms with Crippen LogP contribution in [0, 0.1) is 11.8 Å². The number of halogens is 1. The fourth-order valence-electron chi connectivity index (χ4n) is 4.63. The molecule has 0 radical (unpaired) electrons. The molecule has 1 saturated carbocycles.